The van der Waals surface area contributed by atoms with Crippen molar-refractivity contribution in [3.05, 3.63) is 29.6 Å². The summed E-state index contributed by atoms with van der Waals surface area (Å²) >= 11 is 0. The molecule has 0 unspecified atom stereocenters. The molecule has 0 bridgehead atoms. The van der Waals surface area contributed by atoms with Crippen LogP contribution in [-0.2, 0) is 0 Å². The molecule has 4 nitrogen and oxygen atoms in total. The summed E-state index contributed by atoms with van der Waals surface area (Å²) < 4.78 is 0. The van der Waals surface area contributed by atoms with E-state index >= 15 is 0 Å². The van der Waals surface area contributed by atoms with Crippen LogP contribution < -0.4 is 0 Å². The number of aromatic nitrogens is 1. The number of pyridine rings is 1. The van der Waals surface area contributed by atoms with Crippen molar-refractivity contribution >= 4 is 5.91 Å². The lowest BCUT2D eigenvalue weighted by atomic mass is 9.85. The Bertz CT molecular complexity index is 510. The fourth-order valence-electron chi connectivity index (χ4n) is 2.24. The molecule has 106 valence electrons. The molecule has 0 aliphatic heterocycles. The second-order valence-electron chi connectivity index (χ2n) is 5.03. The first-order valence-corrected chi connectivity index (χ1v) is 7.09. The highest BCUT2D eigenvalue weighted by molar-refractivity contribution is 5.92. The molecule has 1 aliphatic carbocycles. The largest absolute Gasteiger partial charge is 0.384 e. The minimum Gasteiger partial charge on any atom is -0.384 e. The van der Waals surface area contributed by atoms with Crippen LogP contribution in [0.4, 0.5) is 0 Å². The molecule has 1 aromatic heterocycles. The summed E-state index contributed by atoms with van der Waals surface area (Å²) in [6, 6.07) is 3.47. The Morgan fingerprint density at radius 2 is 2.30 bits per heavy atom. The van der Waals surface area contributed by atoms with Gasteiger partial charge in [0.05, 0.1) is 0 Å². The standard InChI is InChI=1S/C16H20N2O2/c1-2-18(12-14-5-3-6-14)16(20)15-9-8-13(11-17-15)7-4-10-19/h8-9,11,14,19H,2-3,5-6,10,12H2,1H3. The first-order chi connectivity index (χ1) is 9.74. The SMILES string of the molecule is CCN(CC1CCC1)C(=O)c1ccc(C#CCO)cn1. The summed E-state index contributed by atoms with van der Waals surface area (Å²) in [4.78, 5) is 18.4. The van der Waals surface area contributed by atoms with Crippen LogP contribution in [0, 0.1) is 17.8 Å². The second-order valence-corrected chi connectivity index (χ2v) is 5.03. The molecule has 0 aromatic carbocycles. The summed E-state index contributed by atoms with van der Waals surface area (Å²) in [5, 5.41) is 8.63. The number of carbonyl (C=O) groups is 1. The van der Waals surface area contributed by atoms with E-state index < -0.39 is 0 Å². The van der Waals surface area contributed by atoms with Gasteiger partial charge in [0.15, 0.2) is 0 Å². The van der Waals surface area contributed by atoms with E-state index in [0.29, 0.717) is 23.7 Å². The van der Waals surface area contributed by atoms with Gasteiger partial charge >= 0.3 is 0 Å². The minimum atomic E-state index is -0.175. The molecule has 1 aromatic rings. The zero-order chi connectivity index (χ0) is 14.4. The van der Waals surface area contributed by atoms with Crippen molar-refractivity contribution in [3.63, 3.8) is 0 Å². The van der Waals surface area contributed by atoms with Crippen molar-refractivity contribution in [2.75, 3.05) is 19.7 Å². The first-order valence-electron chi connectivity index (χ1n) is 7.09. The smallest absolute Gasteiger partial charge is 0.272 e. The Morgan fingerprint density at radius 1 is 1.50 bits per heavy atom. The summed E-state index contributed by atoms with van der Waals surface area (Å²) in [6.07, 6.45) is 5.32. The minimum absolute atomic E-state index is 0.0129. The number of nitrogens with zero attached hydrogens (tertiary/aromatic N) is 2. The van der Waals surface area contributed by atoms with Gasteiger partial charge in [-0.25, -0.2) is 4.98 Å². The lowest BCUT2D eigenvalue weighted by molar-refractivity contribution is 0.0700. The van der Waals surface area contributed by atoms with Crippen LogP contribution in [0.2, 0.25) is 0 Å². The van der Waals surface area contributed by atoms with Gasteiger partial charge in [-0.3, -0.25) is 4.79 Å². The van der Waals surface area contributed by atoms with Crippen LogP contribution in [-0.4, -0.2) is 40.6 Å². The van der Waals surface area contributed by atoms with Gasteiger partial charge in [-0.15, -0.1) is 0 Å². The van der Waals surface area contributed by atoms with E-state index in [9.17, 15) is 4.79 Å². The molecule has 1 fully saturated rings. The van der Waals surface area contributed by atoms with Crippen molar-refractivity contribution in [1.82, 2.24) is 9.88 Å². The average molecular weight is 272 g/mol. The number of hydrogen-bond donors (Lipinski definition) is 1. The molecule has 0 atom stereocenters. The van der Waals surface area contributed by atoms with Crippen molar-refractivity contribution < 1.29 is 9.90 Å². The summed E-state index contributed by atoms with van der Waals surface area (Å²) in [5.41, 5.74) is 1.17. The maximum atomic E-state index is 12.4. The van der Waals surface area contributed by atoms with Gasteiger partial charge in [-0.1, -0.05) is 18.3 Å². The van der Waals surface area contributed by atoms with Crippen LogP contribution in [0.5, 0.6) is 0 Å². The van der Waals surface area contributed by atoms with Gasteiger partial charge < -0.3 is 10.0 Å². The number of hydrogen-bond acceptors (Lipinski definition) is 3. The number of rotatable bonds is 4. The van der Waals surface area contributed by atoms with E-state index in [1.54, 1.807) is 18.3 Å². The summed E-state index contributed by atoms with van der Waals surface area (Å²) in [6.45, 7) is 3.37. The van der Waals surface area contributed by atoms with Crippen LogP contribution in [0.15, 0.2) is 18.3 Å². The molecule has 1 saturated carbocycles. The molecule has 1 N–H and O–H groups in total. The zero-order valence-electron chi connectivity index (χ0n) is 11.8. The topological polar surface area (TPSA) is 53.4 Å². The van der Waals surface area contributed by atoms with E-state index in [1.807, 2.05) is 11.8 Å². The van der Waals surface area contributed by atoms with Gasteiger partial charge in [0.1, 0.15) is 12.3 Å². The highest BCUT2D eigenvalue weighted by Crippen LogP contribution is 2.27. The van der Waals surface area contributed by atoms with Crippen LogP contribution in [0.3, 0.4) is 0 Å². The lowest BCUT2D eigenvalue weighted by Crippen LogP contribution is -2.37. The Hall–Kier alpha value is -1.86. The van der Waals surface area contributed by atoms with E-state index in [-0.39, 0.29) is 12.5 Å². The predicted octanol–water partition coefficient (Wildman–Crippen LogP) is 1.69. The van der Waals surface area contributed by atoms with Crippen molar-refractivity contribution in [2.45, 2.75) is 26.2 Å². The third-order valence-corrected chi connectivity index (χ3v) is 3.67. The Balaban J connectivity index is 2.02. The van der Waals surface area contributed by atoms with Crippen LogP contribution in [0.1, 0.15) is 42.2 Å². The van der Waals surface area contributed by atoms with E-state index in [2.05, 4.69) is 16.8 Å². The molecule has 4 heteroatoms. The molecule has 0 spiro atoms. The molecular formula is C16H20N2O2. The van der Waals surface area contributed by atoms with E-state index in [1.165, 1.54) is 19.3 Å². The third kappa shape index (κ3) is 3.58. The molecule has 0 radical (unpaired) electrons. The molecule has 0 saturated heterocycles. The van der Waals surface area contributed by atoms with Gasteiger partial charge in [-0.2, -0.15) is 0 Å². The molecule has 1 amide bonds. The molecule has 1 heterocycles. The Labute approximate surface area is 119 Å². The number of aliphatic hydroxyl groups is 1. The van der Waals surface area contributed by atoms with Crippen LogP contribution in [0.25, 0.3) is 0 Å². The predicted molar refractivity (Wildman–Crippen MR) is 77.1 cm³/mol. The maximum absolute atomic E-state index is 12.4. The first kappa shape index (κ1) is 14.5. The Morgan fingerprint density at radius 3 is 2.80 bits per heavy atom. The summed E-state index contributed by atoms with van der Waals surface area (Å²) in [7, 11) is 0. The average Bonchev–Trinajstić information content (AvgIpc) is 2.44. The summed E-state index contributed by atoms with van der Waals surface area (Å²) in [5.74, 6) is 5.97. The molecular weight excluding hydrogens is 252 g/mol. The number of aliphatic hydroxyl groups excluding tert-OH is 1. The third-order valence-electron chi connectivity index (χ3n) is 3.67. The normalized spacial score (nSPS) is 14.1. The highest BCUT2D eigenvalue weighted by Gasteiger charge is 2.23. The monoisotopic (exact) mass is 272 g/mol. The maximum Gasteiger partial charge on any atom is 0.272 e. The van der Waals surface area contributed by atoms with Gasteiger partial charge in [0.2, 0.25) is 0 Å². The quantitative estimate of drug-likeness (QED) is 0.849. The van der Waals surface area contributed by atoms with E-state index in [4.69, 9.17) is 5.11 Å². The Kier molecular flexibility index (Phi) is 5.14. The van der Waals surface area contributed by atoms with Crippen molar-refractivity contribution in [1.29, 1.82) is 0 Å². The van der Waals surface area contributed by atoms with Crippen LogP contribution >= 0.6 is 0 Å². The molecule has 1 aliphatic rings. The number of carbonyl (C=O) groups excluding carboxylic acids is 1. The fraction of sp³-hybridized carbons (Fsp3) is 0.500. The number of amides is 1. The highest BCUT2D eigenvalue weighted by atomic mass is 16.2. The molecule has 2 rings (SSSR count). The lowest BCUT2D eigenvalue weighted by Gasteiger charge is -2.31. The van der Waals surface area contributed by atoms with Gasteiger partial charge in [0.25, 0.3) is 5.91 Å². The van der Waals surface area contributed by atoms with E-state index in [0.717, 1.165) is 6.54 Å². The van der Waals surface area contributed by atoms with Gasteiger partial charge in [0, 0.05) is 24.8 Å². The fourth-order valence-corrected chi connectivity index (χ4v) is 2.24. The van der Waals surface area contributed by atoms with Crippen molar-refractivity contribution in [2.24, 2.45) is 5.92 Å². The van der Waals surface area contributed by atoms with Crippen molar-refractivity contribution in [3.8, 4) is 11.8 Å². The second kappa shape index (κ2) is 7.06. The zero-order valence-corrected chi connectivity index (χ0v) is 11.8. The van der Waals surface area contributed by atoms with Gasteiger partial charge in [-0.05, 0) is 37.8 Å². The molecule has 20 heavy (non-hydrogen) atoms.